The number of hydrogen-bond acceptors (Lipinski definition) is 3. The third kappa shape index (κ3) is 2.23. The van der Waals surface area contributed by atoms with Crippen molar-refractivity contribution >= 4 is 6.09 Å². The first-order valence-corrected chi connectivity index (χ1v) is 6.81. The monoisotopic (exact) mass is 258 g/mol. The van der Waals surface area contributed by atoms with E-state index in [1.54, 1.807) is 6.20 Å². The number of piperidine rings is 1. The highest BCUT2D eigenvalue weighted by molar-refractivity contribution is 5.69. The van der Waals surface area contributed by atoms with Gasteiger partial charge in [0.25, 0.3) is 0 Å². The van der Waals surface area contributed by atoms with E-state index in [2.05, 4.69) is 23.2 Å². The molecular weight excluding hydrogens is 240 g/mol. The average Bonchev–Trinajstić information content (AvgIpc) is 2.49. The van der Waals surface area contributed by atoms with Gasteiger partial charge < -0.3 is 9.64 Å². The third-order valence-electron chi connectivity index (χ3n) is 3.96. The van der Waals surface area contributed by atoms with Gasteiger partial charge in [0.1, 0.15) is 0 Å². The summed E-state index contributed by atoms with van der Waals surface area (Å²) in [7, 11) is 0. The van der Waals surface area contributed by atoms with Crippen molar-refractivity contribution in [3.8, 4) is 0 Å². The van der Waals surface area contributed by atoms with E-state index in [-0.39, 0.29) is 12.1 Å². The van der Waals surface area contributed by atoms with Gasteiger partial charge in [0.15, 0.2) is 0 Å². The Balaban J connectivity index is 1.85. The third-order valence-corrected chi connectivity index (χ3v) is 3.96. The second-order valence-corrected chi connectivity index (χ2v) is 5.12. The maximum atomic E-state index is 12.0. The molecule has 4 rings (SSSR count). The largest absolute Gasteiger partial charge is 0.450 e. The van der Waals surface area contributed by atoms with Gasteiger partial charge in [-0.25, -0.2) is 4.79 Å². The number of aromatic nitrogens is 1. The van der Waals surface area contributed by atoms with Crippen LogP contribution in [0.2, 0.25) is 0 Å². The summed E-state index contributed by atoms with van der Waals surface area (Å²) in [6.07, 6.45) is 8.95. The average molecular weight is 258 g/mol. The highest BCUT2D eigenvalue weighted by Gasteiger charge is 2.41. The fourth-order valence-corrected chi connectivity index (χ4v) is 3.11. The Hall–Kier alpha value is -1.84. The topological polar surface area (TPSA) is 42.4 Å². The molecule has 4 nitrogen and oxygen atoms in total. The van der Waals surface area contributed by atoms with E-state index in [0.29, 0.717) is 18.4 Å². The van der Waals surface area contributed by atoms with Crippen LogP contribution >= 0.6 is 0 Å². The predicted octanol–water partition coefficient (Wildman–Crippen LogP) is 2.58. The van der Waals surface area contributed by atoms with E-state index < -0.39 is 0 Å². The van der Waals surface area contributed by atoms with Crippen molar-refractivity contribution in [1.82, 2.24) is 9.88 Å². The lowest BCUT2D eigenvalue weighted by Gasteiger charge is -2.45. The van der Waals surface area contributed by atoms with Crippen LogP contribution in [0.4, 0.5) is 4.79 Å². The number of fused-ring (bicyclic) bond motifs is 2. The summed E-state index contributed by atoms with van der Waals surface area (Å²) in [5, 5.41) is 0. The Bertz CT molecular complexity index is 486. The van der Waals surface area contributed by atoms with Crippen molar-refractivity contribution in [3.05, 3.63) is 42.2 Å². The molecule has 0 spiro atoms. The molecule has 100 valence electrons. The molecule has 2 aliphatic heterocycles. The number of ether oxygens (including phenoxy) is 1. The smallest absolute Gasteiger partial charge is 0.410 e. The molecule has 1 saturated heterocycles. The summed E-state index contributed by atoms with van der Waals surface area (Å²) in [5.41, 5.74) is 1.20. The van der Waals surface area contributed by atoms with Gasteiger partial charge >= 0.3 is 6.09 Å². The number of carbonyl (C=O) groups is 1. The Morgan fingerprint density at radius 3 is 3.11 bits per heavy atom. The molecule has 1 aromatic heterocycles. The number of rotatable bonds is 2. The van der Waals surface area contributed by atoms with Gasteiger partial charge in [-0.15, -0.1) is 0 Å². The van der Waals surface area contributed by atoms with Gasteiger partial charge in [-0.1, -0.05) is 18.2 Å². The van der Waals surface area contributed by atoms with E-state index in [0.717, 1.165) is 13.0 Å². The minimum atomic E-state index is -0.199. The molecule has 4 heteroatoms. The van der Waals surface area contributed by atoms with Crippen LogP contribution in [0.15, 0.2) is 36.7 Å². The maximum Gasteiger partial charge on any atom is 0.410 e. The molecule has 1 aromatic rings. The first-order chi connectivity index (χ1) is 9.29. The van der Waals surface area contributed by atoms with Crippen molar-refractivity contribution in [2.24, 2.45) is 5.92 Å². The minimum Gasteiger partial charge on any atom is -0.450 e. The van der Waals surface area contributed by atoms with Gasteiger partial charge in [-0.2, -0.15) is 0 Å². The summed E-state index contributed by atoms with van der Waals surface area (Å²) in [6, 6.07) is 4.15. The first kappa shape index (κ1) is 12.2. The fraction of sp³-hybridized carbons (Fsp3) is 0.467. The zero-order valence-electron chi connectivity index (χ0n) is 11.0. The predicted molar refractivity (Wildman–Crippen MR) is 71.7 cm³/mol. The molecule has 1 amide bonds. The minimum absolute atomic E-state index is 0.105. The Kier molecular flexibility index (Phi) is 3.23. The molecule has 2 bridgehead atoms. The van der Waals surface area contributed by atoms with Crippen LogP contribution in [0.3, 0.4) is 0 Å². The van der Waals surface area contributed by atoms with Crippen LogP contribution in [-0.2, 0) is 4.74 Å². The molecule has 1 aliphatic carbocycles. The molecule has 1 fully saturated rings. The lowest BCUT2D eigenvalue weighted by molar-refractivity contribution is 0.0661. The van der Waals surface area contributed by atoms with Crippen LogP contribution in [0.5, 0.6) is 0 Å². The van der Waals surface area contributed by atoms with Crippen LogP contribution in [0.1, 0.15) is 24.8 Å². The van der Waals surface area contributed by atoms with Gasteiger partial charge in [0, 0.05) is 24.9 Å². The van der Waals surface area contributed by atoms with Crippen molar-refractivity contribution in [1.29, 1.82) is 0 Å². The number of nitrogens with zero attached hydrogens (tertiary/aromatic N) is 2. The summed E-state index contributed by atoms with van der Waals surface area (Å²) in [6.45, 7) is 3.04. The Morgan fingerprint density at radius 1 is 1.53 bits per heavy atom. The Labute approximate surface area is 113 Å². The molecule has 19 heavy (non-hydrogen) atoms. The van der Waals surface area contributed by atoms with E-state index in [9.17, 15) is 4.79 Å². The lowest BCUT2D eigenvalue weighted by Crippen LogP contribution is -2.52. The number of amides is 1. The second kappa shape index (κ2) is 5.03. The van der Waals surface area contributed by atoms with Crippen molar-refractivity contribution in [3.63, 3.8) is 0 Å². The lowest BCUT2D eigenvalue weighted by atomic mass is 9.75. The second-order valence-electron chi connectivity index (χ2n) is 5.12. The van der Waals surface area contributed by atoms with Gasteiger partial charge in [0.05, 0.1) is 12.6 Å². The molecule has 0 saturated carbocycles. The molecule has 3 aliphatic rings. The number of hydrogen-bond donors (Lipinski definition) is 0. The SMILES string of the molecule is CCOC(=O)N1CC2C=CC1C(c1cccnc1)C2. The summed E-state index contributed by atoms with van der Waals surface area (Å²) < 4.78 is 5.16. The van der Waals surface area contributed by atoms with Gasteiger partial charge in [-0.3, -0.25) is 4.98 Å². The van der Waals surface area contributed by atoms with E-state index >= 15 is 0 Å². The highest BCUT2D eigenvalue weighted by atomic mass is 16.6. The fourth-order valence-electron chi connectivity index (χ4n) is 3.11. The van der Waals surface area contributed by atoms with Crippen molar-refractivity contribution in [2.45, 2.75) is 25.3 Å². The standard InChI is InChI=1S/C15H18N2O2/c1-2-19-15(18)17-10-11-5-6-14(17)13(8-11)12-4-3-7-16-9-12/h3-7,9,11,13-14H,2,8,10H2,1H3. The molecule has 0 N–H and O–H groups in total. The van der Waals surface area contributed by atoms with Crippen LogP contribution in [0.25, 0.3) is 0 Å². The Morgan fingerprint density at radius 2 is 2.42 bits per heavy atom. The van der Waals surface area contributed by atoms with E-state index in [1.807, 2.05) is 24.1 Å². The zero-order valence-corrected chi connectivity index (χ0v) is 11.0. The maximum absolute atomic E-state index is 12.0. The van der Waals surface area contributed by atoms with Crippen LogP contribution < -0.4 is 0 Å². The van der Waals surface area contributed by atoms with Crippen molar-refractivity contribution < 1.29 is 9.53 Å². The van der Waals surface area contributed by atoms with E-state index in [4.69, 9.17) is 4.74 Å². The van der Waals surface area contributed by atoms with Crippen molar-refractivity contribution in [2.75, 3.05) is 13.2 Å². The number of pyridine rings is 1. The molecule has 0 radical (unpaired) electrons. The van der Waals surface area contributed by atoms with Crippen LogP contribution in [0, 0.1) is 5.92 Å². The zero-order chi connectivity index (χ0) is 13.2. The first-order valence-electron chi connectivity index (χ1n) is 6.81. The molecule has 3 unspecified atom stereocenters. The van der Waals surface area contributed by atoms with Crippen LogP contribution in [-0.4, -0.2) is 35.2 Å². The molecular formula is C15H18N2O2. The van der Waals surface area contributed by atoms with Gasteiger partial charge in [-0.05, 0) is 30.9 Å². The summed E-state index contributed by atoms with van der Waals surface area (Å²) >= 11 is 0. The summed E-state index contributed by atoms with van der Waals surface area (Å²) in [4.78, 5) is 18.1. The molecule has 3 heterocycles. The molecule has 0 aromatic carbocycles. The summed E-state index contributed by atoms with van der Waals surface area (Å²) in [5.74, 6) is 0.765. The highest BCUT2D eigenvalue weighted by Crippen LogP contribution is 2.40. The molecule has 3 atom stereocenters. The normalized spacial score (nSPS) is 28.5. The quantitative estimate of drug-likeness (QED) is 0.766. The number of carbonyl (C=O) groups excluding carboxylic acids is 1. The van der Waals surface area contributed by atoms with Gasteiger partial charge in [0.2, 0.25) is 0 Å². The van der Waals surface area contributed by atoms with E-state index in [1.165, 1.54) is 5.56 Å².